The van der Waals surface area contributed by atoms with Gasteiger partial charge >= 0.3 is 11.9 Å². The van der Waals surface area contributed by atoms with Crippen molar-refractivity contribution in [2.24, 2.45) is 0 Å². The van der Waals surface area contributed by atoms with Crippen LogP contribution in [0.3, 0.4) is 0 Å². The molecule has 0 bridgehead atoms. The Morgan fingerprint density at radius 2 is 1.93 bits per heavy atom. The second kappa shape index (κ2) is 8.53. The van der Waals surface area contributed by atoms with Gasteiger partial charge in [0.15, 0.2) is 6.61 Å². The zero-order chi connectivity index (χ0) is 21.0. The molecule has 0 spiro atoms. The van der Waals surface area contributed by atoms with E-state index in [1.165, 1.54) is 26.2 Å². The molecule has 0 atom stereocenters. The Hall–Kier alpha value is -3.40. The Morgan fingerprint density at radius 3 is 2.54 bits per heavy atom. The molecule has 11 heteroatoms. The average Bonchev–Trinajstić information content (AvgIpc) is 2.93. The summed E-state index contributed by atoms with van der Waals surface area (Å²) in [5, 5.41) is 13.5. The predicted octanol–water partition coefficient (Wildman–Crippen LogP) is 2.78. The van der Waals surface area contributed by atoms with Crippen molar-refractivity contribution >= 4 is 40.8 Å². The Balaban J connectivity index is 2.08. The maximum Gasteiger partial charge on any atom is 0.355 e. The summed E-state index contributed by atoms with van der Waals surface area (Å²) in [6.45, 7) is 2.41. The lowest BCUT2D eigenvalue weighted by atomic mass is 10.1. The molecule has 1 aromatic heterocycles. The van der Waals surface area contributed by atoms with Crippen molar-refractivity contribution in [3.8, 4) is 0 Å². The molecule has 28 heavy (non-hydrogen) atoms. The number of ether oxygens (including phenoxy) is 2. The molecule has 0 aliphatic heterocycles. The van der Waals surface area contributed by atoms with E-state index < -0.39 is 29.4 Å². The molecule has 1 heterocycles. The summed E-state index contributed by atoms with van der Waals surface area (Å²) in [6, 6.07) is 3.66. The molecule has 1 aromatic carbocycles. The van der Waals surface area contributed by atoms with Gasteiger partial charge in [-0.05, 0) is 31.5 Å². The van der Waals surface area contributed by atoms with Gasteiger partial charge in [-0.25, -0.2) is 9.59 Å². The van der Waals surface area contributed by atoms with Gasteiger partial charge in [0.25, 0.3) is 11.6 Å². The van der Waals surface area contributed by atoms with Crippen LogP contribution in [0.1, 0.15) is 32.1 Å². The number of amides is 1. The van der Waals surface area contributed by atoms with E-state index in [0.29, 0.717) is 11.3 Å². The number of nitrogens with one attached hydrogen (secondary N) is 2. The van der Waals surface area contributed by atoms with Crippen LogP contribution in [0.15, 0.2) is 18.2 Å². The maximum atomic E-state index is 12.2. The highest BCUT2D eigenvalue weighted by molar-refractivity contribution is 6.31. The number of nitro groups is 1. The first-order valence-electron chi connectivity index (χ1n) is 7.84. The number of nitrogens with zero attached hydrogens (tertiary/aromatic N) is 1. The van der Waals surface area contributed by atoms with Gasteiger partial charge in [0.1, 0.15) is 11.4 Å². The minimum atomic E-state index is -0.869. The molecule has 2 N–H and O–H groups in total. The van der Waals surface area contributed by atoms with Crippen LogP contribution in [0.5, 0.6) is 0 Å². The Labute approximate surface area is 163 Å². The number of nitro benzene ring substituents is 1. The molecular weight excluding hydrogens is 394 g/mol. The van der Waals surface area contributed by atoms with E-state index in [1.54, 1.807) is 6.92 Å². The summed E-state index contributed by atoms with van der Waals surface area (Å²) in [4.78, 5) is 49.0. The molecule has 0 aliphatic rings. The van der Waals surface area contributed by atoms with Crippen molar-refractivity contribution in [1.82, 2.24) is 4.98 Å². The highest BCUT2D eigenvalue weighted by Gasteiger charge is 2.24. The van der Waals surface area contributed by atoms with Crippen LogP contribution in [0.25, 0.3) is 0 Å². The fourth-order valence-electron chi connectivity index (χ4n) is 2.52. The smallest absolute Gasteiger partial charge is 0.355 e. The van der Waals surface area contributed by atoms with Crippen molar-refractivity contribution in [2.75, 3.05) is 19.0 Å². The predicted molar refractivity (Wildman–Crippen MR) is 98.6 cm³/mol. The van der Waals surface area contributed by atoms with Gasteiger partial charge in [-0.2, -0.15) is 0 Å². The van der Waals surface area contributed by atoms with Gasteiger partial charge in [0.05, 0.1) is 17.6 Å². The Morgan fingerprint density at radius 1 is 1.25 bits per heavy atom. The molecule has 1 amide bonds. The summed E-state index contributed by atoms with van der Waals surface area (Å²) < 4.78 is 9.57. The average molecular weight is 410 g/mol. The summed E-state index contributed by atoms with van der Waals surface area (Å²) in [5.41, 5.74) is 0.449. The second-order valence-electron chi connectivity index (χ2n) is 5.66. The largest absolute Gasteiger partial charge is 0.465 e. The number of anilines is 1. The van der Waals surface area contributed by atoms with Gasteiger partial charge < -0.3 is 19.8 Å². The molecule has 0 saturated heterocycles. The van der Waals surface area contributed by atoms with Crippen molar-refractivity contribution in [3.05, 3.63) is 55.9 Å². The fraction of sp³-hybridized carbons (Fsp3) is 0.235. The third-order valence-electron chi connectivity index (χ3n) is 3.79. The molecule has 2 aromatic rings. The quantitative estimate of drug-likeness (QED) is 0.424. The van der Waals surface area contributed by atoms with Gasteiger partial charge in [-0.1, -0.05) is 11.6 Å². The molecule has 0 aliphatic carbocycles. The number of rotatable bonds is 6. The lowest BCUT2D eigenvalue weighted by Crippen LogP contribution is -2.22. The van der Waals surface area contributed by atoms with E-state index in [-0.39, 0.29) is 27.7 Å². The van der Waals surface area contributed by atoms with Gasteiger partial charge in [0, 0.05) is 16.8 Å². The van der Waals surface area contributed by atoms with Crippen molar-refractivity contribution < 1.29 is 28.8 Å². The van der Waals surface area contributed by atoms with Gasteiger partial charge in [-0.3, -0.25) is 14.9 Å². The van der Waals surface area contributed by atoms with E-state index in [9.17, 15) is 24.5 Å². The normalized spacial score (nSPS) is 10.3. The number of H-pyrrole nitrogens is 1. The standard InChI is InChI=1S/C17H16ClN3O7/c1-8-14(16(23)27-3)9(2)19-15(8)17(24)28-7-13(22)20-11-6-10(18)4-5-12(11)21(25)26/h4-6,19H,7H2,1-3H3,(H,20,22). The first kappa shape index (κ1) is 20.9. The first-order valence-corrected chi connectivity index (χ1v) is 8.21. The van der Waals surface area contributed by atoms with Crippen LogP contribution in [0.2, 0.25) is 5.02 Å². The number of carbonyl (C=O) groups is 3. The van der Waals surface area contributed by atoms with E-state index in [4.69, 9.17) is 16.3 Å². The molecule has 0 fully saturated rings. The summed E-state index contributed by atoms with van der Waals surface area (Å²) in [5.74, 6) is -2.28. The zero-order valence-electron chi connectivity index (χ0n) is 15.1. The minimum absolute atomic E-state index is 0.000522. The van der Waals surface area contributed by atoms with Crippen molar-refractivity contribution in [1.29, 1.82) is 0 Å². The molecule has 0 unspecified atom stereocenters. The first-order chi connectivity index (χ1) is 13.1. The molecule has 0 radical (unpaired) electrons. The van der Waals surface area contributed by atoms with E-state index in [0.717, 1.165) is 6.07 Å². The van der Waals surface area contributed by atoms with E-state index >= 15 is 0 Å². The van der Waals surface area contributed by atoms with Crippen molar-refractivity contribution in [3.63, 3.8) is 0 Å². The van der Waals surface area contributed by atoms with E-state index in [2.05, 4.69) is 15.0 Å². The number of methoxy groups -OCH3 is 1. The number of hydrogen-bond acceptors (Lipinski definition) is 7. The highest BCUT2D eigenvalue weighted by Crippen LogP contribution is 2.27. The third-order valence-corrected chi connectivity index (χ3v) is 4.03. The number of aromatic nitrogens is 1. The van der Waals surface area contributed by atoms with E-state index in [1.807, 2.05) is 0 Å². The fourth-order valence-corrected chi connectivity index (χ4v) is 2.69. The van der Waals surface area contributed by atoms with Crippen LogP contribution >= 0.6 is 11.6 Å². The maximum absolute atomic E-state index is 12.2. The number of aromatic amines is 1. The number of hydrogen-bond donors (Lipinski definition) is 2. The molecule has 148 valence electrons. The molecule has 0 saturated carbocycles. The monoisotopic (exact) mass is 409 g/mol. The third kappa shape index (κ3) is 4.46. The number of esters is 2. The second-order valence-corrected chi connectivity index (χ2v) is 6.10. The summed E-state index contributed by atoms with van der Waals surface area (Å²) >= 11 is 5.78. The summed E-state index contributed by atoms with van der Waals surface area (Å²) in [7, 11) is 1.21. The van der Waals surface area contributed by atoms with Crippen LogP contribution in [0.4, 0.5) is 11.4 Å². The number of benzene rings is 1. The van der Waals surface area contributed by atoms with Crippen LogP contribution in [0, 0.1) is 24.0 Å². The molecular formula is C17H16ClN3O7. The SMILES string of the molecule is COC(=O)c1c(C)[nH]c(C(=O)OCC(=O)Nc2cc(Cl)ccc2[N+](=O)[O-])c1C. The Bertz CT molecular complexity index is 968. The van der Waals surface area contributed by atoms with Crippen LogP contribution in [-0.2, 0) is 14.3 Å². The van der Waals surface area contributed by atoms with Crippen LogP contribution < -0.4 is 5.32 Å². The molecule has 2 rings (SSSR count). The lowest BCUT2D eigenvalue weighted by Gasteiger charge is -2.07. The number of aryl methyl sites for hydroxylation is 1. The Kier molecular flexibility index (Phi) is 6.37. The van der Waals surface area contributed by atoms with Gasteiger partial charge in [0.2, 0.25) is 0 Å². The zero-order valence-corrected chi connectivity index (χ0v) is 15.9. The molecule has 10 nitrogen and oxygen atoms in total. The lowest BCUT2D eigenvalue weighted by molar-refractivity contribution is -0.383. The van der Waals surface area contributed by atoms with Crippen molar-refractivity contribution in [2.45, 2.75) is 13.8 Å². The van der Waals surface area contributed by atoms with Crippen LogP contribution in [-0.4, -0.2) is 41.5 Å². The number of carbonyl (C=O) groups excluding carboxylic acids is 3. The summed E-state index contributed by atoms with van der Waals surface area (Å²) in [6.07, 6.45) is 0. The number of halogens is 1. The van der Waals surface area contributed by atoms with Gasteiger partial charge in [-0.15, -0.1) is 0 Å². The minimum Gasteiger partial charge on any atom is -0.465 e. The topological polar surface area (TPSA) is 141 Å². The highest BCUT2D eigenvalue weighted by atomic mass is 35.5.